The molecule has 21 heavy (non-hydrogen) atoms. The fourth-order valence-corrected chi connectivity index (χ4v) is 3.55. The lowest BCUT2D eigenvalue weighted by Gasteiger charge is -2.39. The lowest BCUT2D eigenvalue weighted by atomic mass is 9.76. The Labute approximate surface area is 124 Å². The Kier molecular flexibility index (Phi) is 4.25. The van der Waals surface area contributed by atoms with Crippen LogP contribution in [0.15, 0.2) is 29.2 Å². The number of sulfonamides is 1. The smallest absolute Gasteiger partial charge is 0.329 e. The lowest BCUT2D eigenvalue weighted by molar-refractivity contribution is -0.145. The van der Waals surface area contributed by atoms with Crippen LogP contribution in [0, 0.1) is 0 Å². The molecule has 0 atom stereocenters. The van der Waals surface area contributed by atoms with Gasteiger partial charge in [0.2, 0.25) is 10.0 Å². The van der Waals surface area contributed by atoms with Crippen molar-refractivity contribution in [2.75, 3.05) is 5.32 Å². The number of carbonyl (C=O) groups is 1. The zero-order valence-electron chi connectivity index (χ0n) is 12.1. The second-order valence-corrected chi connectivity index (χ2v) is 7.38. The van der Waals surface area contributed by atoms with Gasteiger partial charge in [-0.25, -0.2) is 17.9 Å². The zero-order valence-corrected chi connectivity index (χ0v) is 12.9. The third-order valence-corrected chi connectivity index (χ3v) is 5.23. The molecule has 0 aromatic heterocycles. The molecule has 1 aromatic carbocycles. The van der Waals surface area contributed by atoms with Crippen LogP contribution in [0.25, 0.3) is 0 Å². The molecule has 0 saturated heterocycles. The molecule has 1 fully saturated rings. The van der Waals surface area contributed by atoms with Crippen molar-refractivity contribution in [2.24, 2.45) is 0 Å². The summed E-state index contributed by atoms with van der Waals surface area (Å²) in [5.74, 6) is -0.869. The van der Waals surface area contributed by atoms with E-state index in [1.54, 1.807) is 26.0 Å². The molecule has 7 heteroatoms. The van der Waals surface area contributed by atoms with E-state index in [2.05, 4.69) is 10.0 Å². The van der Waals surface area contributed by atoms with Crippen molar-refractivity contribution < 1.29 is 18.3 Å². The third kappa shape index (κ3) is 3.36. The van der Waals surface area contributed by atoms with Crippen molar-refractivity contribution in [3.8, 4) is 0 Å². The van der Waals surface area contributed by atoms with Crippen molar-refractivity contribution in [3.05, 3.63) is 24.3 Å². The Balaban J connectivity index is 2.14. The Bertz CT molecular complexity index is 619. The molecule has 6 nitrogen and oxygen atoms in total. The van der Waals surface area contributed by atoms with E-state index >= 15 is 0 Å². The summed E-state index contributed by atoms with van der Waals surface area (Å²) in [5, 5.41) is 12.3. The fourth-order valence-electron chi connectivity index (χ4n) is 2.29. The van der Waals surface area contributed by atoms with Crippen LogP contribution in [0.3, 0.4) is 0 Å². The summed E-state index contributed by atoms with van der Waals surface area (Å²) in [7, 11) is -3.52. The van der Waals surface area contributed by atoms with E-state index in [1.807, 2.05) is 0 Å². The van der Waals surface area contributed by atoms with Gasteiger partial charge < -0.3 is 10.4 Å². The van der Waals surface area contributed by atoms with E-state index in [4.69, 9.17) is 0 Å². The Hall–Kier alpha value is -1.60. The summed E-state index contributed by atoms with van der Waals surface area (Å²) < 4.78 is 26.5. The highest BCUT2D eigenvalue weighted by atomic mass is 32.2. The normalized spacial score (nSPS) is 17.3. The van der Waals surface area contributed by atoms with Crippen molar-refractivity contribution in [3.63, 3.8) is 0 Å². The number of benzene rings is 1. The maximum Gasteiger partial charge on any atom is 0.329 e. The monoisotopic (exact) mass is 312 g/mol. The molecular weight excluding hydrogens is 292 g/mol. The standard InChI is InChI=1S/C14H20N2O4S/c1-10(2)16-21(19,20)12-6-4-11(5-7-12)15-14(13(17)18)8-3-9-14/h4-7,10,15-16H,3,8-9H2,1-2H3,(H,17,18). The predicted molar refractivity (Wildman–Crippen MR) is 79.7 cm³/mol. The Morgan fingerprint density at radius 1 is 1.24 bits per heavy atom. The van der Waals surface area contributed by atoms with E-state index in [1.165, 1.54) is 12.1 Å². The van der Waals surface area contributed by atoms with Crippen LogP contribution in [0.2, 0.25) is 0 Å². The first-order chi connectivity index (χ1) is 9.75. The number of anilines is 1. The largest absolute Gasteiger partial charge is 0.480 e. The fraction of sp³-hybridized carbons (Fsp3) is 0.500. The first-order valence-electron chi connectivity index (χ1n) is 6.89. The predicted octanol–water partition coefficient (Wildman–Crippen LogP) is 1.79. The van der Waals surface area contributed by atoms with Crippen LogP contribution in [-0.4, -0.2) is 31.1 Å². The van der Waals surface area contributed by atoms with E-state index in [9.17, 15) is 18.3 Å². The maximum atomic E-state index is 12.0. The molecule has 2 rings (SSSR count). The maximum absolute atomic E-state index is 12.0. The second kappa shape index (κ2) is 5.65. The Morgan fingerprint density at radius 2 is 1.81 bits per heavy atom. The molecule has 1 aliphatic carbocycles. The van der Waals surface area contributed by atoms with Gasteiger partial charge in [0.05, 0.1) is 4.90 Å². The zero-order chi connectivity index (χ0) is 15.7. The number of aliphatic carboxylic acids is 1. The van der Waals surface area contributed by atoms with Gasteiger partial charge in [-0.15, -0.1) is 0 Å². The van der Waals surface area contributed by atoms with Gasteiger partial charge in [-0.1, -0.05) is 0 Å². The van der Waals surface area contributed by atoms with Gasteiger partial charge >= 0.3 is 5.97 Å². The van der Waals surface area contributed by atoms with Gasteiger partial charge in [-0.05, 0) is 57.4 Å². The summed E-state index contributed by atoms with van der Waals surface area (Å²) >= 11 is 0. The number of hydrogen-bond acceptors (Lipinski definition) is 4. The van der Waals surface area contributed by atoms with Gasteiger partial charge in [-0.3, -0.25) is 0 Å². The number of carboxylic acids is 1. The number of hydrogen-bond donors (Lipinski definition) is 3. The van der Waals surface area contributed by atoms with Crippen molar-refractivity contribution in [1.29, 1.82) is 0 Å². The molecule has 0 aliphatic heterocycles. The summed E-state index contributed by atoms with van der Waals surface area (Å²) in [6, 6.07) is 5.95. The van der Waals surface area contributed by atoms with Crippen molar-refractivity contribution in [1.82, 2.24) is 4.72 Å². The van der Waals surface area contributed by atoms with Gasteiger partial charge in [0.1, 0.15) is 5.54 Å². The van der Waals surface area contributed by atoms with Crippen molar-refractivity contribution >= 4 is 21.7 Å². The third-order valence-electron chi connectivity index (χ3n) is 3.56. The van der Waals surface area contributed by atoms with Crippen LogP contribution >= 0.6 is 0 Å². The molecule has 116 valence electrons. The second-order valence-electron chi connectivity index (χ2n) is 5.67. The summed E-state index contributed by atoms with van der Waals surface area (Å²) in [6.07, 6.45) is 2.04. The molecule has 0 heterocycles. The summed E-state index contributed by atoms with van der Waals surface area (Å²) in [6.45, 7) is 3.50. The molecule has 0 radical (unpaired) electrons. The van der Waals surface area contributed by atoms with E-state index in [0.29, 0.717) is 18.5 Å². The summed E-state index contributed by atoms with van der Waals surface area (Å²) in [5.41, 5.74) is -0.295. The average Bonchev–Trinajstić information content (AvgIpc) is 2.32. The van der Waals surface area contributed by atoms with Crippen LogP contribution < -0.4 is 10.0 Å². The minimum atomic E-state index is -3.52. The minimum Gasteiger partial charge on any atom is -0.480 e. The van der Waals surface area contributed by atoms with E-state index in [-0.39, 0.29) is 10.9 Å². The molecule has 0 spiro atoms. The minimum absolute atomic E-state index is 0.166. The van der Waals surface area contributed by atoms with Gasteiger partial charge in [0.25, 0.3) is 0 Å². The first kappa shape index (κ1) is 15.8. The highest BCUT2D eigenvalue weighted by molar-refractivity contribution is 7.89. The molecule has 3 N–H and O–H groups in total. The molecule has 1 aromatic rings. The molecule has 0 bridgehead atoms. The Morgan fingerprint density at radius 3 is 2.19 bits per heavy atom. The van der Waals surface area contributed by atoms with Crippen LogP contribution in [0.1, 0.15) is 33.1 Å². The van der Waals surface area contributed by atoms with E-state index in [0.717, 1.165) is 6.42 Å². The van der Waals surface area contributed by atoms with Crippen LogP contribution in [-0.2, 0) is 14.8 Å². The average molecular weight is 312 g/mol. The van der Waals surface area contributed by atoms with Gasteiger partial charge in [0.15, 0.2) is 0 Å². The molecule has 0 unspecified atom stereocenters. The van der Waals surface area contributed by atoms with Gasteiger partial charge in [-0.2, -0.15) is 0 Å². The molecular formula is C14H20N2O4S. The summed E-state index contributed by atoms with van der Waals surface area (Å²) in [4.78, 5) is 11.5. The van der Waals surface area contributed by atoms with Gasteiger partial charge in [0, 0.05) is 11.7 Å². The number of carboxylic acid groups (broad SMARTS) is 1. The number of rotatable bonds is 6. The SMILES string of the molecule is CC(C)NS(=O)(=O)c1ccc(NC2(C(=O)O)CCC2)cc1. The first-order valence-corrected chi connectivity index (χ1v) is 8.37. The van der Waals surface area contributed by atoms with Crippen LogP contribution in [0.5, 0.6) is 0 Å². The lowest BCUT2D eigenvalue weighted by Crippen LogP contribution is -2.52. The van der Waals surface area contributed by atoms with E-state index < -0.39 is 21.5 Å². The highest BCUT2D eigenvalue weighted by Gasteiger charge is 2.44. The topological polar surface area (TPSA) is 95.5 Å². The number of nitrogens with one attached hydrogen (secondary N) is 2. The van der Waals surface area contributed by atoms with Crippen molar-refractivity contribution in [2.45, 2.75) is 49.6 Å². The van der Waals surface area contributed by atoms with Crippen LogP contribution in [0.4, 0.5) is 5.69 Å². The molecule has 1 saturated carbocycles. The highest BCUT2D eigenvalue weighted by Crippen LogP contribution is 2.35. The molecule has 0 amide bonds. The molecule has 1 aliphatic rings. The quantitative estimate of drug-likeness (QED) is 0.744.